The molecule has 1 heterocycles. The van der Waals surface area contributed by atoms with Gasteiger partial charge in [0, 0.05) is 13.6 Å². The largest absolute Gasteiger partial charge is 0.494 e. The van der Waals surface area contributed by atoms with E-state index in [1.165, 1.54) is 0 Å². The summed E-state index contributed by atoms with van der Waals surface area (Å²) in [5.41, 5.74) is 2.57. The van der Waals surface area contributed by atoms with Crippen LogP contribution in [0.25, 0.3) is 0 Å². The lowest BCUT2D eigenvalue weighted by Gasteiger charge is -2.32. The van der Waals surface area contributed by atoms with Crippen molar-refractivity contribution in [3.05, 3.63) is 29.3 Å². The predicted molar refractivity (Wildman–Crippen MR) is 95.8 cm³/mol. The van der Waals surface area contributed by atoms with E-state index in [2.05, 4.69) is 6.07 Å². The van der Waals surface area contributed by atoms with Crippen molar-refractivity contribution in [2.75, 3.05) is 7.05 Å². The second kappa shape index (κ2) is 7.50. The highest BCUT2D eigenvalue weighted by atomic mass is 16.7. The molecule has 1 aromatic rings. The molecule has 0 spiro atoms. The Morgan fingerprint density at radius 3 is 2.13 bits per heavy atom. The minimum absolute atomic E-state index is 0.345. The molecule has 0 aromatic heterocycles. The topological polar surface area (TPSA) is 38.8 Å². The first-order valence-electron chi connectivity index (χ1n) is 8.27. The number of aryl methyl sites for hydroxylation is 1. The van der Waals surface area contributed by atoms with Crippen LogP contribution in [0, 0.1) is 6.92 Å². The number of nitrogens with zero attached hydrogens (tertiary/aromatic N) is 1. The molecule has 2 rings (SSSR count). The van der Waals surface area contributed by atoms with E-state index in [0.29, 0.717) is 6.54 Å². The van der Waals surface area contributed by atoms with Gasteiger partial charge in [0.05, 0.1) is 11.2 Å². The summed E-state index contributed by atoms with van der Waals surface area (Å²) in [4.78, 5) is 12.4. The van der Waals surface area contributed by atoms with E-state index >= 15 is 0 Å². The maximum atomic E-state index is 10.8. The smallest absolute Gasteiger partial charge is 0.399 e. The minimum atomic E-state index is -0.365. The van der Waals surface area contributed by atoms with Crippen LogP contribution in [-0.2, 0) is 20.6 Å². The van der Waals surface area contributed by atoms with Crippen molar-refractivity contribution in [2.24, 2.45) is 0 Å². The molecule has 0 N–H and O–H groups in total. The summed E-state index contributed by atoms with van der Waals surface area (Å²) in [6.45, 7) is 14.8. The Morgan fingerprint density at radius 2 is 1.65 bits per heavy atom. The van der Waals surface area contributed by atoms with Crippen LogP contribution < -0.4 is 5.46 Å². The van der Waals surface area contributed by atoms with Gasteiger partial charge in [0.25, 0.3) is 0 Å². The summed E-state index contributed by atoms with van der Waals surface area (Å²) in [5.74, 6) is 0. The molecule has 0 saturated carbocycles. The Labute approximate surface area is 141 Å². The highest BCUT2D eigenvalue weighted by molar-refractivity contribution is 6.62. The molecule has 0 atom stereocenters. The number of carbonyl (C=O) groups excluding carboxylic acids is 1. The Balaban J connectivity index is 0.00000127. The Bertz CT molecular complexity index is 527. The van der Waals surface area contributed by atoms with Gasteiger partial charge in [0.15, 0.2) is 0 Å². The summed E-state index contributed by atoms with van der Waals surface area (Å²) in [6.07, 6.45) is 0.834. The van der Waals surface area contributed by atoms with Gasteiger partial charge in [-0.2, -0.15) is 0 Å². The lowest BCUT2D eigenvalue weighted by Crippen LogP contribution is -2.41. The SMILES string of the molecule is CC.Cc1ccc(B2OC(C)(C)C(C)(C)O2)cc1CN(C)C=O. The van der Waals surface area contributed by atoms with E-state index < -0.39 is 0 Å². The Morgan fingerprint density at radius 1 is 1.13 bits per heavy atom. The van der Waals surface area contributed by atoms with Crippen molar-refractivity contribution < 1.29 is 14.1 Å². The highest BCUT2D eigenvalue weighted by Crippen LogP contribution is 2.36. The van der Waals surface area contributed by atoms with Crippen molar-refractivity contribution in [1.29, 1.82) is 0 Å². The fourth-order valence-corrected chi connectivity index (χ4v) is 2.29. The fourth-order valence-electron chi connectivity index (χ4n) is 2.29. The minimum Gasteiger partial charge on any atom is -0.399 e. The Hall–Kier alpha value is -1.33. The molecule has 5 heteroatoms. The molecular weight excluding hydrogens is 289 g/mol. The van der Waals surface area contributed by atoms with Crippen LogP contribution in [0.1, 0.15) is 52.7 Å². The van der Waals surface area contributed by atoms with Crippen LogP contribution in [0.3, 0.4) is 0 Å². The monoisotopic (exact) mass is 319 g/mol. The maximum absolute atomic E-state index is 10.8. The van der Waals surface area contributed by atoms with Gasteiger partial charge in [-0.1, -0.05) is 32.0 Å². The molecule has 1 saturated heterocycles. The highest BCUT2D eigenvalue weighted by Gasteiger charge is 2.51. The summed E-state index contributed by atoms with van der Waals surface area (Å²) < 4.78 is 12.1. The quantitative estimate of drug-likeness (QED) is 0.633. The van der Waals surface area contributed by atoms with Crippen molar-refractivity contribution >= 4 is 19.0 Å². The van der Waals surface area contributed by atoms with Gasteiger partial charge >= 0.3 is 7.12 Å². The zero-order chi connectivity index (χ0) is 17.8. The van der Waals surface area contributed by atoms with Crippen molar-refractivity contribution in [2.45, 2.75) is 66.2 Å². The van der Waals surface area contributed by atoms with Gasteiger partial charge in [-0.15, -0.1) is 0 Å². The summed E-state index contributed by atoms with van der Waals surface area (Å²) in [5, 5.41) is 0. The van der Waals surface area contributed by atoms with E-state index in [9.17, 15) is 4.79 Å². The second-order valence-corrected chi connectivity index (χ2v) is 6.79. The molecule has 4 nitrogen and oxygen atoms in total. The first kappa shape index (κ1) is 19.7. The normalized spacial score (nSPS) is 18.2. The van der Waals surface area contributed by atoms with Crippen LogP contribution in [0.4, 0.5) is 0 Å². The van der Waals surface area contributed by atoms with Crippen LogP contribution in [0.2, 0.25) is 0 Å². The second-order valence-electron chi connectivity index (χ2n) is 6.79. The standard InChI is InChI=1S/C16H24BNO3.C2H6/c1-12-7-8-14(9-13(12)10-18(6)11-19)17-20-15(2,3)16(4,5)21-17;1-2/h7-9,11H,10H2,1-6H3;1-2H3. The van der Waals surface area contributed by atoms with E-state index in [-0.39, 0.29) is 18.3 Å². The van der Waals surface area contributed by atoms with E-state index in [4.69, 9.17) is 9.31 Å². The average molecular weight is 319 g/mol. The molecule has 0 radical (unpaired) electrons. The predicted octanol–water partition coefficient (Wildman–Crippen LogP) is 2.91. The number of carbonyl (C=O) groups is 1. The van der Waals surface area contributed by atoms with Gasteiger partial charge in [-0.25, -0.2) is 0 Å². The van der Waals surface area contributed by atoms with Gasteiger partial charge in [-0.3, -0.25) is 4.79 Å². The lowest BCUT2D eigenvalue weighted by molar-refractivity contribution is -0.117. The molecule has 1 aromatic carbocycles. The lowest BCUT2D eigenvalue weighted by atomic mass is 9.77. The van der Waals surface area contributed by atoms with Crippen LogP contribution in [0.15, 0.2) is 18.2 Å². The van der Waals surface area contributed by atoms with Gasteiger partial charge in [0.2, 0.25) is 6.41 Å². The molecule has 0 bridgehead atoms. The molecule has 1 aliphatic rings. The van der Waals surface area contributed by atoms with Crippen LogP contribution in [-0.4, -0.2) is 36.7 Å². The molecule has 128 valence electrons. The third-order valence-corrected chi connectivity index (χ3v) is 4.50. The van der Waals surface area contributed by atoms with E-state index in [1.54, 1.807) is 11.9 Å². The molecular formula is C18H30BNO3. The van der Waals surface area contributed by atoms with E-state index in [0.717, 1.165) is 23.0 Å². The van der Waals surface area contributed by atoms with Gasteiger partial charge < -0.3 is 14.2 Å². The van der Waals surface area contributed by atoms with E-state index in [1.807, 2.05) is 60.6 Å². The summed E-state index contributed by atoms with van der Waals surface area (Å²) in [6, 6.07) is 6.15. The number of benzene rings is 1. The van der Waals surface area contributed by atoms with Crippen LogP contribution >= 0.6 is 0 Å². The average Bonchev–Trinajstić information content (AvgIpc) is 2.71. The molecule has 0 unspecified atom stereocenters. The molecule has 23 heavy (non-hydrogen) atoms. The number of hydrogen-bond donors (Lipinski definition) is 0. The molecule has 1 aliphatic heterocycles. The maximum Gasteiger partial charge on any atom is 0.494 e. The zero-order valence-corrected chi connectivity index (χ0v) is 15.8. The van der Waals surface area contributed by atoms with Crippen molar-refractivity contribution in [3.63, 3.8) is 0 Å². The third-order valence-electron chi connectivity index (χ3n) is 4.50. The summed E-state index contributed by atoms with van der Waals surface area (Å²) >= 11 is 0. The number of hydrogen-bond acceptors (Lipinski definition) is 3. The number of rotatable bonds is 4. The Kier molecular flexibility index (Phi) is 6.43. The first-order valence-corrected chi connectivity index (χ1v) is 8.27. The van der Waals surface area contributed by atoms with Crippen LogP contribution in [0.5, 0.6) is 0 Å². The molecule has 0 aliphatic carbocycles. The van der Waals surface area contributed by atoms with Crippen molar-refractivity contribution in [1.82, 2.24) is 4.90 Å². The molecule has 1 amide bonds. The first-order chi connectivity index (χ1) is 10.7. The fraction of sp³-hybridized carbons (Fsp3) is 0.611. The molecule has 1 fully saturated rings. The van der Waals surface area contributed by atoms with Gasteiger partial charge in [-0.05, 0) is 51.2 Å². The summed E-state index contributed by atoms with van der Waals surface area (Å²) in [7, 11) is 1.41. The van der Waals surface area contributed by atoms with Crippen molar-refractivity contribution in [3.8, 4) is 0 Å². The third kappa shape index (κ3) is 4.36. The van der Waals surface area contributed by atoms with Gasteiger partial charge in [0.1, 0.15) is 0 Å². The number of amides is 1. The zero-order valence-electron chi connectivity index (χ0n) is 15.8.